The van der Waals surface area contributed by atoms with Crippen LogP contribution in [0.15, 0.2) is 37.2 Å². The molecule has 0 heterocycles. The SMILES string of the molecule is O=S(=O)(CC=CF)C(S(=O)(=O)CC=CF)S(=O)(=O)CC=CF. The van der Waals surface area contributed by atoms with Gasteiger partial charge in [0.15, 0.2) is 29.5 Å². The fraction of sp³-hybridized carbons (Fsp3) is 0.400. The fourth-order valence-corrected chi connectivity index (χ4v) is 9.69. The Labute approximate surface area is 126 Å². The van der Waals surface area contributed by atoms with Gasteiger partial charge >= 0.3 is 0 Å². The second kappa shape index (κ2) is 8.48. The van der Waals surface area contributed by atoms with Gasteiger partial charge in [0.25, 0.3) is 3.91 Å². The molecule has 22 heavy (non-hydrogen) atoms. The molecular formula is C10H13F3O6S3. The van der Waals surface area contributed by atoms with Crippen LogP contribution in [0.4, 0.5) is 13.2 Å². The Morgan fingerprint density at radius 2 is 0.818 bits per heavy atom. The highest BCUT2D eigenvalue weighted by Crippen LogP contribution is 2.21. The zero-order valence-electron chi connectivity index (χ0n) is 11.0. The smallest absolute Gasteiger partial charge is 0.226 e. The first-order chi connectivity index (χ1) is 10.0. The molecule has 0 amide bonds. The molecule has 0 saturated heterocycles. The number of halogens is 3. The van der Waals surface area contributed by atoms with Gasteiger partial charge in [-0.1, -0.05) is 0 Å². The van der Waals surface area contributed by atoms with Crippen LogP contribution in [0.25, 0.3) is 0 Å². The zero-order chi connectivity index (χ0) is 17.4. The van der Waals surface area contributed by atoms with Crippen LogP contribution in [0.2, 0.25) is 0 Å². The van der Waals surface area contributed by atoms with Crippen LogP contribution in [0.1, 0.15) is 0 Å². The van der Waals surface area contributed by atoms with Gasteiger partial charge in [0.1, 0.15) is 0 Å². The molecule has 0 aliphatic rings. The molecule has 12 heteroatoms. The van der Waals surface area contributed by atoms with E-state index in [-0.39, 0.29) is 19.0 Å². The third-order valence-electron chi connectivity index (χ3n) is 2.13. The standard InChI is InChI=1S/C10H13F3O6S3/c11-4-1-7-20(14,15)10(21(16,17)8-2-5-12)22(18,19)9-3-6-13/h1-6,10H,7-9H2. The second-order valence-electron chi connectivity index (χ2n) is 3.86. The second-order valence-corrected chi connectivity index (χ2v) is 11.1. The molecule has 0 aliphatic carbocycles. The Hall–Kier alpha value is -1.14. The van der Waals surface area contributed by atoms with Gasteiger partial charge in [-0.2, -0.15) is 0 Å². The minimum Gasteiger partial charge on any atom is -0.226 e. The van der Waals surface area contributed by atoms with Crippen LogP contribution in [0.5, 0.6) is 0 Å². The van der Waals surface area contributed by atoms with Crippen molar-refractivity contribution in [3.63, 3.8) is 0 Å². The Morgan fingerprint density at radius 1 is 0.591 bits per heavy atom. The molecule has 0 atom stereocenters. The molecule has 0 unspecified atom stereocenters. The van der Waals surface area contributed by atoms with Crippen LogP contribution in [-0.4, -0.2) is 46.4 Å². The van der Waals surface area contributed by atoms with Gasteiger partial charge in [0, 0.05) is 0 Å². The Morgan fingerprint density at radius 3 is 1.00 bits per heavy atom. The van der Waals surface area contributed by atoms with Crippen molar-refractivity contribution in [1.82, 2.24) is 0 Å². The van der Waals surface area contributed by atoms with Crippen molar-refractivity contribution in [1.29, 1.82) is 0 Å². The van der Waals surface area contributed by atoms with E-state index in [9.17, 15) is 38.4 Å². The molecule has 6 nitrogen and oxygen atoms in total. The number of hydrogen-bond acceptors (Lipinski definition) is 6. The first-order valence-electron chi connectivity index (χ1n) is 5.45. The van der Waals surface area contributed by atoms with Crippen molar-refractivity contribution < 1.29 is 38.4 Å². The first-order valence-corrected chi connectivity index (χ1v) is 10.6. The lowest BCUT2D eigenvalue weighted by Gasteiger charge is -2.16. The molecule has 0 aromatic heterocycles. The Bertz CT molecular complexity index is 643. The number of rotatable bonds is 9. The molecule has 128 valence electrons. The van der Waals surface area contributed by atoms with E-state index in [4.69, 9.17) is 0 Å². The van der Waals surface area contributed by atoms with Gasteiger partial charge in [0.05, 0.1) is 36.2 Å². The minimum absolute atomic E-state index is 0.198. The van der Waals surface area contributed by atoms with Gasteiger partial charge in [-0.15, -0.1) is 0 Å². The van der Waals surface area contributed by atoms with E-state index in [1.54, 1.807) is 0 Å². The largest absolute Gasteiger partial charge is 0.263 e. The highest BCUT2D eigenvalue weighted by Gasteiger charge is 2.46. The van der Waals surface area contributed by atoms with Crippen molar-refractivity contribution >= 4 is 29.5 Å². The van der Waals surface area contributed by atoms with E-state index in [0.29, 0.717) is 18.2 Å². The van der Waals surface area contributed by atoms with Crippen molar-refractivity contribution in [3.8, 4) is 0 Å². The van der Waals surface area contributed by atoms with Gasteiger partial charge in [-0.3, -0.25) is 0 Å². The molecule has 0 aliphatic heterocycles. The highest BCUT2D eigenvalue weighted by atomic mass is 32.3. The summed E-state index contributed by atoms with van der Waals surface area (Å²) >= 11 is 0. The van der Waals surface area contributed by atoms with Crippen LogP contribution in [0, 0.1) is 0 Å². The molecular weight excluding hydrogens is 369 g/mol. The highest BCUT2D eigenvalue weighted by molar-refractivity contribution is 8.24. The maximum Gasteiger partial charge on any atom is 0.263 e. The summed E-state index contributed by atoms with van der Waals surface area (Å²) in [6.45, 7) is 0. The maximum absolute atomic E-state index is 11.9. The first kappa shape index (κ1) is 20.9. The van der Waals surface area contributed by atoms with Crippen molar-refractivity contribution in [2.75, 3.05) is 17.3 Å². The van der Waals surface area contributed by atoms with Crippen molar-refractivity contribution in [3.05, 3.63) is 37.2 Å². The third-order valence-corrected chi connectivity index (χ3v) is 11.1. The predicted octanol–water partition coefficient (Wildman–Crippen LogP) is 0.964. The zero-order valence-corrected chi connectivity index (χ0v) is 13.4. The topological polar surface area (TPSA) is 102 Å². The summed E-state index contributed by atoms with van der Waals surface area (Å²) in [4.78, 5) is 0. The maximum atomic E-state index is 11.9. The average Bonchev–Trinajstić information content (AvgIpc) is 2.39. The summed E-state index contributed by atoms with van der Waals surface area (Å²) in [5.41, 5.74) is 0. The van der Waals surface area contributed by atoms with E-state index >= 15 is 0 Å². The summed E-state index contributed by atoms with van der Waals surface area (Å²) in [6, 6.07) is 0. The van der Waals surface area contributed by atoms with Gasteiger partial charge in [-0.05, 0) is 18.2 Å². The third kappa shape index (κ3) is 5.93. The molecule has 0 fully saturated rings. The van der Waals surface area contributed by atoms with Crippen LogP contribution in [0.3, 0.4) is 0 Å². The summed E-state index contributed by atoms with van der Waals surface area (Å²) < 4.78 is 104. The van der Waals surface area contributed by atoms with Crippen LogP contribution < -0.4 is 0 Å². The fourth-order valence-electron chi connectivity index (χ4n) is 1.42. The summed E-state index contributed by atoms with van der Waals surface area (Å²) in [6.07, 6.45) is 0.625. The number of hydrogen-bond donors (Lipinski definition) is 0. The lowest BCUT2D eigenvalue weighted by atomic mass is 10.7. The monoisotopic (exact) mass is 382 g/mol. The van der Waals surface area contributed by atoms with Crippen molar-refractivity contribution in [2.24, 2.45) is 0 Å². The van der Waals surface area contributed by atoms with E-state index in [2.05, 4.69) is 0 Å². The minimum atomic E-state index is -4.88. The predicted molar refractivity (Wildman–Crippen MR) is 75.9 cm³/mol. The molecule has 0 aromatic rings. The number of sulfone groups is 3. The van der Waals surface area contributed by atoms with Gasteiger partial charge in [0.2, 0.25) is 0 Å². The Kier molecular flexibility index (Phi) is 8.04. The average molecular weight is 382 g/mol. The lowest BCUT2D eigenvalue weighted by Crippen LogP contribution is -2.41. The molecule has 0 aromatic carbocycles. The normalized spacial score (nSPS) is 16.0. The van der Waals surface area contributed by atoms with Crippen molar-refractivity contribution in [2.45, 2.75) is 3.91 Å². The van der Waals surface area contributed by atoms with E-state index in [1.807, 2.05) is 0 Å². The van der Waals surface area contributed by atoms with Gasteiger partial charge in [-0.25, -0.2) is 38.4 Å². The summed E-state index contributed by atoms with van der Waals surface area (Å²) in [5.74, 6) is -3.61. The van der Waals surface area contributed by atoms with Crippen LogP contribution >= 0.6 is 0 Å². The quantitative estimate of drug-likeness (QED) is 0.589. The molecule has 0 radical (unpaired) electrons. The van der Waals surface area contributed by atoms with Gasteiger partial charge < -0.3 is 0 Å². The summed E-state index contributed by atoms with van der Waals surface area (Å²) in [5, 5.41) is 0. The van der Waals surface area contributed by atoms with E-state index < -0.39 is 50.7 Å². The molecule has 0 spiro atoms. The molecule has 0 N–H and O–H groups in total. The summed E-state index contributed by atoms with van der Waals surface area (Å²) in [7, 11) is -14.6. The Balaban J connectivity index is 6.13. The lowest BCUT2D eigenvalue weighted by molar-refractivity contribution is 0.576. The van der Waals surface area contributed by atoms with E-state index in [0.717, 1.165) is 0 Å². The molecule has 0 bridgehead atoms. The van der Waals surface area contributed by atoms with E-state index in [1.165, 1.54) is 0 Å². The molecule has 0 saturated carbocycles. The molecule has 0 rings (SSSR count). The van der Waals surface area contributed by atoms with Crippen LogP contribution in [-0.2, 0) is 29.5 Å².